The van der Waals surface area contributed by atoms with Crippen LogP contribution < -0.4 is 4.90 Å². The lowest BCUT2D eigenvalue weighted by atomic mass is 10.3. The number of halogens is 2. The number of hydrogen-bond acceptors (Lipinski definition) is 4. The van der Waals surface area contributed by atoms with E-state index >= 15 is 0 Å². The second-order valence-corrected chi connectivity index (χ2v) is 4.95. The number of aromatic nitrogens is 1. The summed E-state index contributed by atoms with van der Waals surface area (Å²) in [6.07, 6.45) is 0. The summed E-state index contributed by atoms with van der Waals surface area (Å²) < 4.78 is 5.09. The van der Waals surface area contributed by atoms with E-state index < -0.39 is 0 Å². The molecule has 6 heteroatoms. The van der Waals surface area contributed by atoms with E-state index in [1.165, 1.54) is 11.3 Å². The van der Waals surface area contributed by atoms with Crippen LogP contribution in [0.5, 0.6) is 0 Å². The molecule has 86 valence electrons. The highest BCUT2D eigenvalue weighted by molar-refractivity contribution is 7.16. The lowest BCUT2D eigenvalue weighted by molar-refractivity contribution is 0.183. The molecule has 0 aliphatic rings. The lowest BCUT2D eigenvalue weighted by Crippen LogP contribution is -2.32. The zero-order valence-corrected chi connectivity index (χ0v) is 11.3. The molecule has 0 spiro atoms. The van der Waals surface area contributed by atoms with Crippen molar-refractivity contribution in [3.8, 4) is 0 Å². The van der Waals surface area contributed by atoms with Gasteiger partial charge in [0, 0.05) is 14.2 Å². The number of rotatable bonds is 5. The van der Waals surface area contributed by atoms with E-state index in [2.05, 4.69) is 11.9 Å². The summed E-state index contributed by atoms with van der Waals surface area (Å²) in [7, 11) is 3.65. The van der Waals surface area contributed by atoms with Crippen LogP contribution in [0.2, 0.25) is 5.15 Å². The highest BCUT2D eigenvalue weighted by Crippen LogP contribution is 2.30. The number of thiazole rings is 1. The highest BCUT2D eigenvalue weighted by atomic mass is 35.5. The number of hydrogen-bond donors (Lipinski definition) is 0. The second kappa shape index (κ2) is 5.89. The molecule has 0 N–H and O–H groups in total. The molecule has 0 aliphatic carbocycles. The molecule has 3 nitrogen and oxygen atoms in total. The third-order valence-corrected chi connectivity index (χ3v) is 4.13. The fraction of sp³-hybridized carbons (Fsp3) is 0.667. The Kier molecular flexibility index (Phi) is 5.12. The Morgan fingerprint density at radius 3 is 2.73 bits per heavy atom. The maximum absolute atomic E-state index is 5.93. The molecule has 15 heavy (non-hydrogen) atoms. The molecule has 1 atom stereocenters. The van der Waals surface area contributed by atoms with Crippen LogP contribution in [0, 0.1) is 0 Å². The Morgan fingerprint density at radius 1 is 1.60 bits per heavy atom. The first-order valence-corrected chi connectivity index (χ1v) is 6.26. The Labute approximate surface area is 104 Å². The van der Waals surface area contributed by atoms with Gasteiger partial charge in [-0.15, -0.1) is 11.6 Å². The number of anilines is 1. The van der Waals surface area contributed by atoms with Crippen LogP contribution in [0.15, 0.2) is 0 Å². The molecular formula is C9H14Cl2N2OS. The van der Waals surface area contributed by atoms with Crippen molar-refractivity contribution in [2.75, 3.05) is 25.7 Å². The SMILES string of the molecule is COCC(C)N(C)c1nc(Cl)c(CCl)s1. The van der Waals surface area contributed by atoms with Gasteiger partial charge in [0.2, 0.25) is 0 Å². The van der Waals surface area contributed by atoms with Gasteiger partial charge in [-0.05, 0) is 6.92 Å². The number of ether oxygens (including phenoxy) is 1. The first kappa shape index (κ1) is 13.0. The second-order valence-electron chi connectivity index (χ2n) is 3.26. The quantitative estimate of drug-likeness (QED) is 0.768. The van der Waals surface area contributed by atoms with Gasteiger partial charge in [-0.3, -0.25) is 0 Å². The number of alkyl halides is 1. The molecule has 1 unspecified atom stereocenters. The van der Waals surface area contributed by atoms with Gasteiger partial charge in [0.1, 0.15) is 5.15 Å². The normalized spacial score (nSPS) is 12.9. The molecule has 0 fully saturated rings. The monoisotopic (exact) mass is 268 g/mol. The standard InChI is InChI=1S/C9H14Cl2N2OS/c1-6(5-14-3)13(2)9-12-8(11)7(4-10)15-9/h6H,4-5H2,1-3H3. The van der Waals surface area contributed by atoms with Gasteiger partial charge >= 0.3 is 0 Å². The minimum absolute atomic E-state index is 0.264. The van der Waals surface area contributed by atoms with E-state index in [0.717, 1.165) is 10.0 Å². The maximum atomic E-state index is 5.93. The minimum atomic E-state index is 0.264. The van der Waals surface area contributed by atoms with Crippen LogP contribution in [0.4, 0.5) is 5.13 Å². The molecule has 0 bridgehead atoms. The summed E-state index contributed by atoms with van der Waals surface area (Å²) in [5.74, 6) is 0.406. The summed E-state index contributed by atoms with van der Waals surface area (Å²) in [6, 6.07) is 0.264. The van der Waals surface area contributed by atoms with Crippen molar-refractivity contribution >= 4 is 39.7 Å². The molecule has 0 amide bonds. The Balaban J connectivity index is 2.77. The Hall–Kier alpha value is -0.0300. The zero-order valence-electron chi connectivity index (χ0n) is 8.96. The predicted octanol–water partition coefficient (Wildman–Crippen LogP) is 3.01. The number of methoxy groups -OCH3 is 1. The van der Waals surface area contributed by atoms with E-state index in [0.29, 0.717) is 17.6 Å². The van der Waals surface area contributed by atoms with E-state index in [4.69, 9.17) is 27.9 Å². The zero-order chi connectivity index (χ0) is 11.4. The van der Waals surface area contributed by atoms with Crippen molar-refractivity contribution in [3.05, 3.63) is 10.0 Å². The van der Waals surface area contributed by atoms with Gasteiger partial charge < -0.3 is 9.64 Å². The summed E-state index contributed by atoms with van der Waals surface area (Å²) in [5, 5.41) is 1.38. The largest absolute Gasteiger partial charge is 0.383 e. The van der Waals surface area contributed by atoms with Crippen LogP contribution in [-0.4, -0.2) is 31.8 Å². The average Bonchev–Trinajstić information content (AvgIpc) is 2.59. The molecule has 0 saturated carbocycles. The van der Waals surface area contributed by atoms with Crippen LogP contribution >= 0.6 is 34.5 Å². The molecule has 1 aromatic rings. The molecule has 0 saturated heterocycles. The number of nitrogens with zero attached hydrogens (tertiary/aromatic N) is 2. The first-order chi connectivity index (χ1) is 7.10. The summed E-state index contributed by atoms with van der Waals surface area (Å²) in [5.41, 5.74) is 0. The molecule has 1 aromatic heterocycles. The van der Waals surface area contributed by atoms with Crippen LogP contribution in [0.1, 0.15) is 11.8 Å². The van der Waals surface area contributed by atoms with E-state index in [1.807, 2.05) is 11.9 Å². The summed E-state index contributed by atoms with van der Waals surface area (Å²) in [6.45, 7) is 2.73. The van der Waals surface area contributed by atoms with E-state index in [-0.39, 0.29) is 6.04 Å². The minimum Gasteiger partial charge on any atom is -0.383 e. The summed E-state index contributed by atoms with van der Waals surface area (Å²) in [4.78, 5) is 7.20. The van der Waals surface area contributed by atoms with Gasteiger partial charge in [-0.25, -0.2) is 4.98 Å². The van der Waals surface area contributed by atoms with Crippen LogP contribution in [0.3, 0.4) is 0 Å². The Bertz CT molecular complexity index is 319. The fourth-order valence-corrected chi connectivity index (χ4v) is 2.63. The molecular weight excluding hydrogens is 255 g/mol. The third kappa shape index (κ3) is 3.21. The summed E-state index contributed by atoms with van der Waals surface area (Å²) >= 11 is 13.2. The molecule has 0 aliphatic heterocycles. The van der Waals surface area contributed by atoms with Crippen molar-refractivity contribution in [1.29, 1.82) is 0 Å². The van der Waals surface area contributed by atoms with Crippen molar-refractivity contribution in [3.63, 3.8) is 0 Å². The van der Waals surface area contributed by atoms with Crippen molar-refractivity contribution in [2.45, 2.75) is 18.8 Å². The molecule has 1 heterocycles. The van der Waals surface area contributed by atoms with Gasteiger partial charge in [0.05, 0.1) is 23.4 Å². The van der Waals surface area contributed by atoms with Crippen LogP contribution in [-0.2, 0) is 10.6 Å². The van der Waals surface area contributed by atoms with E-state index in [9.17, 15) is 0 Å². The van der Waals surface area contributed by atoms with Crippen molar-refractivity contribution in [1.82, 2.24) is 4.98 Å². The highest BCUT2D eigenvalue weighted by Gasteiger charge is 2.16. The topological polar surface area (TPSA) is 25.4 Å². The predicted molar refractivity (Wildman–Crippen MR) is 66.4 cm³/mol. The number of likely N-dealkylation sites (N-methyl/N-ethyl adjacent to an activating group) is 1. The van der Waals surface area contributed by atoms with Gasteiger partial charge in [0.25, 0.3) is 0 Å². The van der Waals surface area contributed by atoms with Crippen LogP contribution in [0.25, 0.3) is 0 Å². The molecule has 0 radical (unpaired) electrons. The average molecular weight is 269 g/mol. The lowest BCUT2D eigenvalue weighted by Gasteiger charge is -2.23. The van der Waals surface area contributed by atoms with Gasteiger partial charge in [-0.2, -0.15) is 0 Å². The molecule has 0 aromatic carbocycles. The fourth-order valence-electron chi connectivity index (χ4n) is 1.10. The Morgan fingerprint density at radius 2 is 2.27 bits per heavy atom. The third-order valence-electron chi connectivity index (χ3n) is 2.13. The van der Waals surface area contributed by atoms with Crippen molar-refractivity contribution in [2.24, 2.45) is 0 Å². The first-order valence-electron chi connectivity index (χ1n) is 4.53. The molecule has 1 rings (SSSR count). The maximum Gasteiger partial charge on any atom is 0.187 e. The van der Waals surface area contributed by atoms with Crippen molar-refractivity contribution < 1.29 is 4.74 Å². The van der Waals surface area contributed by atoms with Gasteiger partial charge in [-0.1, -0.05) is 22.9 Å². The smallest absolute Gasteiger partial charge is 0.187 e. The van der Waals surface area contributed by atoms with Gasteiger partial charge in [0.15, 0.2) is 5.13 Å². The van der Waals surface area contributed by atoms with E-state index in [1.54, 1.807) is 7.11 Å².